The van der Waals surface area contributed by atoms with Crippen molar-refractivity contribution in [3.8, 4) is 0 Å². The molecular formula is C15H19F2N5O. The number of aromatic nitrogens is 4. The topological polar surface area (TPSA) is 63.4 Å². The van der Waals surface area contributed by atoms with Crippen LogP contribution in [-0.4, -0.2) is 43.5 Å². The molecule has 1 aliphatic rings. The van der Waals surface area contributed by atoms with E-state index in [0.717, 1.165) is 17.4 Å². The first-order valence-corrected chi connectivity index (χ1v) is 7.75. The molecule has 1 amide bonds. The van der Waals surface area contributed by atoms with Crippen molar-refractivity contribution in [1.82, 2.24) is 24.5 Å². The molecule has 23 heavy (non-hydrogen) atoms. The van der Waals surface area contributed by atoms with Crippen LogP contribution in [0.25, 0.3) is 5.78 Å². The molecule has 0 bridgehead atoms. The SMILES string of the molecule is CC(C)C(=O)N1CCCC(c2cc(C(F)F)n3ncnc3n2)C1. The molecule has 3 heterocycles. The highest BCUT2D eigenvalue weighted by atomic mass is 19.3. The van der Waals surface area contributed by atoms with Crippen LogP contribution in [0.4, 0.5) is 8.78 Å². The zero-order chi connectivity index (χ0) is 16.6. The molecule has 124 valence electrons. The molecule has 0 radical (unpaired) electrons. The van der Waals surface area contributed by atoms with Crippen molar-refractivity contribution in [3.63, 3.8) is 0 Å². The largest absolute Gasteiger partial charge is 0.342 e. The third-order valence-electron chi connectivity index (χ3n) is 4.17. The second kappa shape index (κ2) is 6.17. The first-order chi connectivity index (χ1) is 11.0. The van der Waals surface area contributed by atoms with Crippen LogP contribution in [0.5, 0.6) is 0 Å². The molecule has 0 spiro atoms. The van der Waals surface area contributed by atoms with Crippen LogP contribution in [0, 0.1) is 5.92 Å². The molecule has 6 nitrogen and oxygen atoms in total. The van der Waals surface area contributed by atoms with Crippen LogP contribution in [0.2, 0.25) is 0 Å². The number of amides is 1. The number of rotatable bonds is 3. The summed E-state index contributed by atoms with van der Waals surface area (Å²) in [5.74, 6) is 0.139. The summed E-state index contributed by atoms with van der Waals surface area (Å²) >= 11 is 0. The predicted octanol–water partition coefficient (Wildman–Crippen LogP) is 2.42. The van der Waals surface area contributed by atoms with E-state index in [1.54, 1.807) is 4.90 Å². The molecule has 2 aromatic rings. The van der Waals surface area contributed by atoms with Crippen molar-refractivity contribution in [2.45, 2.75) is 39.0 Å². The fourth-order valence-electron chi connectivity index (χ4n) is 3.00. The molecule has 0 aliphatic carbocycles. The standard InChI is InChI=1S/C15H19F2N5O/c1-9(2)14(23)21-5-3-4-10(7-21)11-6-12(13(16)17)22-15(20-11)18-8-19-22/h6,8-10,13H,3-5,7H2,1-2H3. The summed E-state index contributed by atoms with van der Waals surface area (Å²) in [6.07, 6.45) is 0.222. The molecule has 8 heteroatoms. The summed E-state index contributed by atoms with van der Waals surface area (Å²) in [6, 6.07) is 1.39. The van der Waals surface area contributed by atoms with Gasteiger partial charge >= 0.3 is 0 Å². The number of piperidine rings is 1. The number of carbonyl (C=O) groups is 1. The lowest BCUT2D eigenvalue weighted by Crippen LogP contribution is -2.41. The van der Waals surface area contributed by atoms with E-state index in [-0.39, 0.29) is 29.2 Å². The Morgan fingerprint density at radius 2 is 2.17 bits per heavy atom. The van der Waals surface area contributed by atoms with E-state index in [9.17, 15) is 13.6 Å². The lowest BCUT2D eigenvalue weighted by Gasteiger charge is -2.33. The number of carbonyl (C=O) groups excluding carboxylic acids is 1. The predicted molar refractivity (Wildman–Crippen MR) is 79.1 cm³/mol. The number of nitrogens with zero attached hydrogens (tertiary/aromatic N) is 5. The first kappa shape index (κ1) is 15.8. The molecule has 1 atom stereocenters. The number of alkyl halides is 2. The number of hydrogen-bond acceptors (Lipinski definition) is 4. The molecule has 0 N–H and O–H groups in total. The highest BCUT2D eigenvalue weighted by molar-refractivity contribution is 5.78. The van der Waals surface area contributed by atoms with Gasteiger partial charge in [-0.15, -0.1) is 0 Å². The number of likely N-dealkylation sites (tertiary alicyclic amines) is 1. The van der Waals surface area contributed by atoms with Gasteiger partial charge in [0.2, 0.25) is 5.91 Å². The van der Waals surface area contributed by atoms with Crippen molar-refractivity contribution in [2.24, 2.45) is 5.92 Å². The minimum atomic E-state index is -2.65. The van der Waals surface area contributed by atoms with Gasteiger partial charge in [-0.1, -0.05) is 13.8 Å². The van der Waals surface area contributed by atoms with Crippen LogP contribution in [0.15, 0.2) is 12.4 Å². The van der Waals surface area contributed by atoms with Crippen molar-refractivity contribution in [3.05, 3.63) is 23.8 Å². The molecule has 1 saturated heterocycles. The Kier molecular flexibility index (Phi) is 4.23. The Bertz CT molecular complexity index is 715. The van der Waals surface area contributed by atoms with Gasteiger partial charge < -0.3 is 4.90 Å². The molecule has 0 aromatic carbocycles. The van der Waals surface area contributed by atoms with E-state index >= 15 is 0 Å². The normalized spacial score (nSPS) is 19.0. The zero-order valence-corrected chi connectivity index (χ0v) is 13.1. The van der Waals surface area contributed by atoms with Gasteiger partial charge in [0, 0.05) is 24.9 Å². The molecule has 1 fully saturated rings. The fourth-order valence-corrected chi connectivity index (χ4v) is 3.00. The van der Waals surface area contributed by atoms with Gasteiger partial charge in [0.15, 0.2) is 0 Å². The van der Waals surface area contributed by atoms with Gasteiger partial charge in [0.25, 0.3) is 12.2 Å². The minimum absolute atomic E-state index is 0.0503. The van der Waals surface area contributed by atoms with Crippen LogP contribution >= 0.6 is 0 Å². The van der Waals surface area contributed by atoms with Gasteiger partial charge in [-0.25, -0.2) is 13.8 Å². The molecule has 1 unspecified atom stereocenters. The van der Waals surface area contributed by atoms with E-state index in [4.69, 9.17) is 0 Å². The number of halogens is 2. The Labute approximate surface area is 132 Å². The number of fused-ring (bicyclic) bond motifs is 1. The Balaban J connectivity index is 1.91. The fraction of sp³-hybridized carbons (Fsp3) is 0.600. The Morgan fingerprint density at radius 3 is 2.87 bits per heavy atom. The maximum absolute atomic E-state index is 13.3. The van der Waals surface area contributed by atoms with E-state index in [2.05, 4.69) is 15.1 Å². The third-order valence-corrected chi connectivity index (χ3v) is 4.17. The molecule has 3 rings (SSSR count). The lowest BCUT2D eigenvalue weighted by molar-refractivity contribution is -0.135. The lowest BCUT2D eigenvalue weighted by atomic mass is 9.93. The highest BCUT2D eigenvalue weighted by Crippen LogP contribution is 2.29. The van der Waals surface area contributed by atoms with Gasteiger partial charge in [0.05, 0.1) is 5.69 Å². The van der Waals surface area contributed by atoms with E-state index < -0.39 is 6.43 Å². The second-order valence-electron chi connectivity index (χ2n) is 6.16. The summed E-state index contributed by atoms with van der Waals surface area (Å²) in [7, 11) is 0. The summed E-state index contributed by atoms with van der Waals surface area (Å²) in [6.45, 7) is 4.95. The van der Waals surface area contributed by atoms with E-state index in [0.29, 0.717) is 18.8 Å². The van der Waals surface area contributed by atoms with Gasteiger partial charge in [-0.05, 0) is 18.9 Å². The van der Waals surface area contributed by atoms with Crippen LogP contribution in [0.1, 0.15) is 50.4 Å². The zero-order valence-electron chi connectivity index (χ0n) is 13.1. The van der Waals surface area contributed by atoms with Gasteiger partial charge in [-0.3, -0.25) is 4.79 Å². The van der Waals surface area contributed by atoms with Crippen LogP contribution < -0.4 is 0 Å². The monoisotopic (exact) mass is 323 g/mol. The first-order valence-electron chi connectivity index (χ1n) is 7.75. The van der Waals surface area contributed by atoms with Crippen LogP contribution in [-0.2, 0) is 4.79 Å². The molecule has 0 saturated carbocycles. The molecular weight excluding hydrogens is 304 g/mol. The highest BCUT2D eigenvalue weighted by Gasteiger charge is 2.28. The van der Waals surface area contributed by atoms with Gasteiger partial charge in [-0.2, -0.15) is 14.6 Å². The van der Waals surface area contributed by atoms with E-state index in [1.807, 2.05) is 13.8 Å². The van der Waals surface area contributed by atoms with E-state index in [1.165, 1.54) is 12.4 Å². The molecule has 2 aromatic heterocycles. The average Bonchev–Trinajstić information content (AvgIpc) is 3.01. The van der Waals surface area contributed by atoms with Gasteiger partial charge in [0.1, 0.15) is 12.0 Å². The summed E-state index contributed by atoms with van der Waals surface area (Å²) < 4.78 is 27.6. The third kappa shape index (κ3) is 3.02. The number of hydrogen-bond donors (Lipinski definition) is 0. The Hall–Kier alpha value is -2.12. The summed E-state index contributed by atoms with van der Waals surface area (Å²) in [4.78, 5) is 22.3. The summed E-state index contributed by atoms with van der Waals surface area (Å²) in [5.41, 5.74) is 0.344. The van der Waals surface area contributed by atoms with Crippen molar-refractivity contribution < 1.29 is 13.6 Å². The van der Waals surface area contributed by atoms with Crippen molar-refractivity contribution >= 4 is 11.7 Å². The quantitative estimate of drug-likeness (QED) is 0.870. The second-order valence-corrected chi connectivity index (χ2v) is 6.16. The van der Waals surface area contributed by atoms with Crippen LogP contribution in [0.3, 0.4) is 0 Å². The summed E-state index contributed by atoms with van der Waals surface area (Å²) in [5, 5.41) is 3.79. The smallest absolute Gasteiger partial charge is 0.280 e. The average molecular weight is 323 g/mol. The Morgan fingerprint density at radius 1 is 1.39 bits per heavy atom. The van der Waals surface area contributed by atoms with Crippen molar-refractivity contribution in [1.29, 1.82) is 0 Å². The maximum Gasteiger partial charge on any atom is 0.280 e. The minimum Gasteiger partial charge on any atom is -0.342 e. The molecule has 1 aliphatic heterocycles. The maximum atomic E-state index is 13.3. The van der Waals surface area contributed by atoms with Crippen molar-refractivity contribution in [2.75, 3.05) is 13.1 Å².